The summed E-state index contributed by atoms with van der Waals surface area (Å²) >= 11 is 0. The van der Waals surface area contributed by atoms with Crippen LogP contribution in [0.2, 0.25) is 0 Å². The highest BCUT2D eigenvalue weighted by Crippen LogP contribution is 2.34. The molecule has 0 spiro atoms. The molecule has 0 amide bonds. The van der Waals surface area contributed by atoms with Crippen LogP contribution in [0.4, 0.5) is 0 Å². The largest absolute Gasteiger partial charge is 0.483 e. The summed E-state index contributed by atoms with van der Waals surface area (Å²) in [7, 11) is 0. The number of hydrogen-bond acceptors (Lipinski definition) is 7. The zero-order chi connectivity index (χ0) is 24.5. The standard InChI is InChI=1S/C28H35N5O3/c1-20(2)32-9-7-24(8-10-32)36-28-6-4-22(16-29-28)21-3-5-25-26(15-21)35-19-27-30-23(18-33(25)27)17-31-11-13-34-14-12-31/h3-6,15-16,18,20,24H,7-14,17,19H2,1-2H3. The Morgan fingerprint density at radius 2 is 1.83 bits per heavy atom. The third-order valence-corrected chi connectivity index (χ3v) is 7.46. The summed E-state index contributed by atoms with van der Waals surface area (Å²) in [6, 6.07) is 11.0. The van der Waals surface area contributed by atoms with Gasteiger partial charge in [0.1, 0.15) is 18.5 Å². The van der Waals surface area contributed by atoms with E-state index in [4.69, 9.17) is 19.2 Å². The van der Waals surface area contributed by atoms with Crippen molar-refractivity contribution in [1.82, 2.24) is 24.3 Å². The second kappa shape index (κ2) is 10.2. The molecule has 5 heterocycles. The lowest BCUT2D eigenvalue weighted by atomic mass is 10.1. The van der Waals surface area contributed by atoms with E-state index in [1.54, 1.807) is 0 Å². The van der Waals surface area contributed by atoms with Gasteiger partial charge in [-0.25, -0.2) is 9.97 Å². The maximum atomic E-state index is 6.18. The van der Waals surface area contributed by atoms with Crippen LogP contribution in [0.5, 0.6) is 11.6 Å². The summed E-state index contributed by atoms with van der Waals surface area (Å²) in [5.41, 5.74) is 4.23. The highest BCUT2D eigenvalue weighted by atomic mass is 16.5. The smallest absolute Gasteiger partial charge is 0.213 e. The minimum Gasteiger partial charge on any atom is -0.483 e. The number of hydrogen-bond donors (Lipinski definition) is 0. The van der Waals surface area contributed by atoms with Crippen LogP contribution in [-0.4, -0.2) is 75.9 Å². The van der Waals surface area contributed by atoms with Gasteiger partial charge in [0.2, 0.25) is 5.88 Å². The van der Waals surface area contributed by atoms with Gasteiger partial charge in [-0.1, -0.05) is 6.07 Å². The fourth-order valence-corrected chi connectivity index (χ4v) is 5.30. The SMILES string of the molecule is CC(C)N1CCC(Oc2ccc(-c3ccc4c(c3)OCc3nc(CN5CCOCC5)cn3-4)cn2)CC1. The number of likely N-dealkylation sites (tertiary alicyclic amines) is 1. The van der Waals surface area contributed by atoms with E-state index in [1.807, 2.05) is 12.3 Å². The lowest BCUT2D eigenvalue weighted by molar-refractivity contribution is 0.0337. The molecule has 2 aromatic heterocycles. The highest BCUT2D eigenvalue weighted by Gasteiger charge is 2.23. The number of nitrogens with zero attached hydrogens (tertiary/aromatic N) is 5. The molecule has 1 aromatic carbocycles. The van der Waals surface area contributed by atoms with Gasteiger partial charge in [-0.15, -0.1) is 0 Å². The van der Waals surface area contributed by atoms with Crippen LogP contribution in [0.15, 0.2) is 42.7 Å². The van der Waals surface area contributed by atoms with E-state index in [0.29, 0.717) is 18.5 Å². The van der Waals surface area contributed by atoms with E-state index >= 15 is 0 Å². The van der Waals surface area contributed by atoms with Crippen molar-refractivity contribution in [2.45, 2.75) is 52.0 Å². The number of pyridine rings is 1. The van der Waals surface area contributed by atoms with Crippen LogP contribution in [0.25, 0.3) is 16.8 Å². The molecule has 3 aromatic rings. The third kappa shape index (κ3) is 4.98. The van der Waals surface area contributed by atoms with Crippen LogP contribution in [0.3, 0.4) is 0 Å². The van der Waals surface area contributed by atoms with E-state index in [-0.39, 0.29) is 6.10 Å². The summed E-state index contributed by atoms with van der Waals surface area (Å²) in [4.78, 5) is 14.3. The topological polar surface area (TPSA) is 64.9 Å². The molecular formula is C28H35N5O3. The number of aromatic nitrogens is 3. The molecule has 0 unspecified atom stereocenters. The summed E-state index contributed by atoms with van der Waals surface area (Å²) in [6.07, 6.45) is 6.38. The van der Waals surface area contributed by atoms with Gasteiger partial charge in [-0.05, 0) is 50.5 Å². The highest BCUT2D eigenvalue weighted by molar-refractivity contribution is 5.68. The van der Waals surface area contributed by atoms with Crippen molar-refractivity contribution in [2.75, 3.05) is 39.4 Å². The first kappa shape index (κ1) is 23.5. The van der Waals surface area contributed by atoms with Crippen molar-refractivity contribution in [2.24, 2.45) is 0 Å². The van der Waals surface area contributed by atoms with Crippen molar-refractivity contribution in [3.8, 4) is 28.4 Å². The Morgan fingerprint density at radius 3 is 2.58 bits per heavy atom. The molecule has 8 heteroatoms. The number of morpholine rings is 1. The van der Waals surface area contributed by atoms with Gasteiger partial charge in [-0.3, -0.25) is 9.47 Å². The van der Waals surface area contributed by atoms with Crippen molar-refractivity contribution in [3.05, 3.63) is 54.2 Å². The van der Waals surface area contributed by atoms with Gasteiger partial charge in [0.15, 0.2) is 5.82 Å². The quantitative estimate of drug-likeness (QED) is 0.520. The Hall–Kier alpha value is -2.94. The Balaban J connectivity index is 1.12. The predicted molar refractivity (Wildman–Crippen MR) is 138 cm³/mol. The van der Waals surface area contributed by atoms with E-state index in [0.717, 1.165) is 92.9 Å². The molecule has 0 aliphatic carbocycles. The summed E-state index contributed by atoms with van der Waals surface area (Å²) in [5, 5.41) is 0. The molecule has 0 radical (unpaired) electrons. The Kier molecular flexibility index (Phi) is 6.65. The van der Waals surface area contributed by atoms with E-state index in [2.05, 4.69) is 63.7 Å². The number of piperidine rings is 1. The van der Waals surface area contributed by atoms with Crippen molar-refractivity contribution < 1.29 is 14.2 Å². The monoisotopic (exact) mass is 489 g/mol. The first-order valence-corrected chi connectivity index (χ1v) is 13.1. The Bertz CT molecular complexity index is 1180. The van der Waals surface area contributed by atoms with Gasteiger partial charge >= 0.3 is 0 Å². The zero-order valence-corrected chi connectivity index (χ0v) is 21.2. The van der Waals surface area contributed by atoms with Crippen LogP contribution >= 0.6 is 0 Å². The zero-order valence-electron chi connectivity index (χ0n) is 21.2. The molecule has 6 rings (SSSR count). The van der Waals surface area contributed by atoms with Crippen molar-refractivity contribution >= 4 is 0 Å². The Labute approximate surface area is 212 Å². The summed E-state index contributed by atoms with van der Waals surface area (Å²) in [6.45, 7) is 11.5. The molecule has 36 heavy (non-hydrogen) atoms. The van der Waals surface area contributed by atoms with E-state index < -0.39 is 0 Å². The fourth-order valence-electron chi connectivity index (χ4n) is 5.30. The molecule has 0 atom stereocenters. The van der Waals surface area contributed by atoms with Gasteiger partial charge < -0.3 is 19.1 Å². The molecule has 0 bridgehead atoms. The Morgan fingerprint density at radius 1 is 1.03 bits per heavy atom. The number of rotatable bonds is 6. The number of imidazole rings is 1. The lowest BCUT2D eigenvalue weighted by Crippen LogP contribution is -2.41. The maximum Gasteiger partial charge on any atom is 0.213 e. The van der Waals surface area contributed by atoms with Gasteiger partial charge in [0.05, 0.1) is 24.6 Å². The van der Waals surface area contributed by atoms with Gasteiger partial charge in [0, 0.05) is 62.8 Å². The third-order valence-electron chi connectivity index (χ3n) is 7.46. The predicted octanol–water partition coefficient (Wildman–Crippen LogP) is 3.91. The molecule has 0 saturated carbocycles. The molecule has 2 fully saturated rings. The van der Waals surface area contributed by atoms with E-state index in [9.17, 15) is 0 Å². The molecule has 3 aliphatic rings. The molecule has 2 saturated heterocycles. The fraction of sp³-hybridized carbons (Fsp3) is 0.500. The second-order valence-corrected chi connectivity index (χ2v) is 10.2. The van der Waals surface area contributed by atoms with Crippen molar-refractivity contribution in [1.29, 1.82) is 0 Å². The van der Waals surface area contributed by atoms with E-state index in [1.165, 1.54) is 0 Å². The van der Waals surface area contributed by atoms with Crippen LogP contribution in [-0.2, 0) is 17.9 Å². The maximum absolute atomic E-state index is 6.18. The van der Waals surface area contributed by atoms with Crippen LogP contribution in [0, 0.1) is 0 Å². The number of fused-ring (bicyclic) bond motifs is 3. The summed E-state index contributed by atoms with van der Waals surface area (Å²) in [5.74, 6) is 2.51. The minimum atomic E-state index is 0.244. The van der Waals surface area contributed by atoms with Gasteiger partial charge in [0.25, 0.3) is 0 Å². The lowest BCUT2D eigenvalue weighted by Gasteiger charge is -2.34. The van der Waals surface area contributed by atoms with Crippen LogP contribution in [0.1, 0.15) is 38.2 Å². The summed E-state index contributed by atoms with van der Waals surface area (Å²) < 4.78 is 19.9. The first-order valence-electron chi connectivity index (χ1n) is 13.1. The molecule has 0 N–H and O–H groups in total. The van der Waals surface area contributed by atoms with Gasteiger partial charge in [-0.2, -0.15) is 0 Å². The average molecular weight is 490 g/mol. The first-order chi connectivity index (χ1) is 17.6. The number of ether oxygens (including phenoxy) is 3. The normalized spacial score (nSPS) is 19.1. The molecular weight excluding hydrogens is 454 g/mol. The minimum absolute atomic E-state index is 0.244. The molecule has 8 nitrogen and oxygen atoms in total. The number of benzene rings is 1. The molecule has 3 aliphatic heterocycles. The van der Waals surface area contributed by atoms with Crippen LogP contribution < -0.4 is 9.47 Å². The average Bonchev–Trinajstić information content (AvgIpc) is 3.32. The van der Waals surface area contributed by atoms with Crippen molar-refractivity contribution in [3.63, 3.8) is 0 Å². The molecule has 190 valence electrons. The second-order valence-electron chi connectivity index (χ2n) is 10.2.